The third kappa shape index (κ3) is 4.64. The zero-order valence-electron chi connectivity index (χ0n) is 13.9. The van der Waals surface area contributed by atoms with E-state index in [2.05, 4.69) is 10.2 Å². The van der Waals surface area contributed by atoms with Gasteiger partial charge in [0.25, 0.3) is 10.9 Å². The maximum atomic E-state index is 12.9. The molecule has 0 unspecified atom stereocenters. The third-order valence-electron chi connectivity index (χ3n) is 3.58. The van der Waals surface area contributed by atoms with E-state index < -0.39 is 22.4 Å². The number of halogens is 3. The molecule has 1 heterocycles. The topological polar surface area (TPSA) is 82.1 Å². The van der Waals surface area contributed by atoms with Crippen LogP contribution in [0.1, 0.15) is 16.7 Å². The number of thioether (sulfide) groups is 1. The highest BCUT2D eigenvalue weighted by Gasteiger charge is 2.32. The number of nitro groups is 1. The second-order valence-corrected chi connectivity index (χ2v) is 6.60. The molecular formula is C17H12F3N3O3S. The van der Waals surface area contributed by atoms with E-state index in [9.17, 15) is 23.3 Å². The molecule has 0 atom stereocenters. The van der Waals surface area contributed by atoms with Crippen LogP contribution in [-0.4, -0.2) is 15.1 Å². The molecule has 1 aromatic heterocycles. The molecule has 3 rings (SSSR count). The van der Waals surface area contributed by atoms with Crippen molar-refractivity contribution in [1.29, 1.82) is 0 Å². The molecule has 0 spiro atoms. The smallest absolute Gasteiger partial charge is 0.411 e. The lowest BCUT2D eigenvalue weighted by Gasteiger charge is -2.08. The second kappa shape index (κ2) is 7.39. The van der Waals surface area contributed by atoms with Gasteiger partial charge < -0.3 is 4.42 Å². The first kappa shape index (κ1) is 18.9. The first-order chi connectivity index (χ1) is 12.7. The van der Waals surface area contributed by atoms with Crippen molar-refractivity contribution in [2.24, 2.45) is 0 Å². The minimum absolute atomic E-state index is 0.0142. The zero-order valence-corrected chi connectivity index (χ0v) is 14.7. The Morgan fingerprint density at radius 2 is 1.85 bits per heavy atom. The summed E-state index contributed by atoms with van der Waals surface area (Å²) in [4.78, 5) is 10.0. The van der Waals surface area contributed by atoms with Crippen LogP contribution in [0.4, 0.5) is 18.9 Å². The number of aryl methyl sites for hydroxylation is 1. The van der Waals surface area contributed by atoms with E-state index in [4.69, 9.17) is 4.42 Å². The molecule has 0 N–H and O–H groups in total. The van der Waals surface area contributed by atoms with Crippen molar-refractivity contribution in [3.63, 3.8) is 0 Å². The van der Waals surface area contributed by atoms with Crippen molar-refractivity contribution < 1.29 is 22.5 Å². The lowest BCUT2D eigenvalue weighted by Crippen LogP contribution is -2.06. The van der Waals surface area contributed by atoms with Gasteiger partial charge in [0.05, 0.1) is 10.5 Å². The summed E-state index contributed by atoms with van der Waals surface area (Å²) in [6, 6.07) is 9.87. The van der Waals surface area contributed by atoms with Crippen molar-refractivity contribution in [3.05, 3.63) is 69.3 Å². The zero-order chi connectivity index (χ0) is 19.6. The number of nitro benzene ring substituents is 1. The van der Waals surface area contributed by atoms with Gasteiger partial charge in [0.2, 0.25) is 5.89 Å². The molecular weight excluding hydrogens is 383 g/mol. The molecule has 10 heteroatoms. The van der Waals surface area contributed by atoms with Crippen LogP contribution in [0.25, 0.3) is 11.5 Å². The Morgan fingerprint density at radius 1 is 1.15 bits per heavy atom. The summed E-state index contributed by atoms with van der Waals surface area (Å²) in [6.45, 7) is 1.94. The number of aromatic nitrogens is 2. The van der Waals surface area contributed by atoms with Crippen molar-refractivity contribution in [3.8, 4) is 11.5 Å². The van der Waals surface area contributed by atoms with Crippen LogP contribution < -0.4 is 0 Å². The Balaban J connectivity index is 1.78. The molecule has 0 aliphatic carbocycles. The highest BCUT2D eigenvalue weighted by Crippen LogP contribution is 2.34. The van der Waals surface area contributed by atoms with Gasteiger partial charge in [0.15, 0.2) is 0 Å². The molecule has 140 valence electrons. The van der Waals surface area contributed by atoms with E-state index in [1.807, 2.05) is 31.2 Å². The van der Waals surface area contributed by atoms with Gasteiger partial charge in [-0.05, 0) is 30.7 Å². The fourth-order valence-electron chi connectivity index (χ4n) is 2.25. The molecule has 27 heavy (non-hydrogen) atoms. The molecule has 0 bridgehead atoms. The maximum Gasteiger partial charge on any atom is 0.416 e. The lowest BCUT2D eigenvalue weighted by atomic mass is 10.1. The summed E-state index contributed by atoms with van der Waals surface area (Å²) < 4.78 is 44.3. The fourth-order valence-corrected chi connectivity index (χ4v) is 2.95. The van der Waals surface area contributed by atoms with Crippen LogP contribution in [0.2, 0.25) is 0 Å². The molecule has 0 fully saturated rings. The summed E-state index contributed by atoms with van der Waals surface area (Å²) in [5.41, 5.74) is 0.231. The molecule has 0 radical (unpaired) electrons. The lowest BCUT2D eigenvalue weighted by molar-refractivity contribution is -0.385. The van der Waals surface area contributed by atoms with Crippen LogP contribution >= 0.6 is 11.8 Å². The number of rotatable bonds is 5. The number of non-ortho nitro benzene ring substituents is 1. The minimum atomic E-state index is -4.67. The van der Waals surface area contributed by atoms with Gasteiger partial charge >= 0.3 is 6.18 Å². The molecule has 0 aliphatic heterocycles. The highest BCUT2D eigenvalue weighted by molar-refractivity contribution is 7.98. The summed E-state index contributed by atoms with van der Waals surface area (Å²) in [6.07, 6.45) is -4.67. The first-order valence-electron chi connectivity index (χ1n) is 7.61. The number of alkyl halides is 3. The van der Waals surface area contributed by atoms with Crippen LogP contribution in [0.5, 0.6) is 0 Å². The molecule has 2 aromatic carbocycles. The number of hydrogen-bond acceptors (Lipinski definition) is 6. The normalized spacial score (nSPS) is 11.6. The summed E-state index contributed by atoms with van der Waals surface area (Å²) >= 11 is 1.00. The Bertz CT molecular complexity index is 972. The molecule has 6 nitrogen and oxygen atoms in total. The Labute approximate surface area is 155 Å². The molecule has 0 amide bonds. The summed E-state index contributed by atoms with van der Waals surface area (Å²) in [5, 5.41) is 18.8. The van der Waals surface area contributed by atoms with Gasteiger partial charge in [-0.1, -0.05) is 29.5 Å². The van der Waals surface area contributed by atoms with E-state index >= 15 is 0 Å². The quantitative estimate of drug-likeness (QED) is 0.333. The van der Waals surface area contributed by atoms with Gasteiger partial charge in [-0.2, -0.15) is 13.2 Å². The number of benzene rings is 2. The van der Waals surface area contributed by atoms with Crippen molar-refractivity contribution in [2.45, 2.75) is 24.1 Å². The molecule has 0 aliphatic rings. The largest absolute Gasteiger partial charge is 0.416 e. The van der Waals surface area contributed by atoms with Gasteiger partial charge in [-0.15, -0.1) is 10.2 Å². The highest BCUT2D eigenvalue weighted by atomic mass is 32.2. The minimum Gasteiger partial charge on any atom is -0.411 e. The van der Waals surface area contributed by atoms with Crippen LogP contribution in [-0.2, 0) is 11.9 Å². The standard InChI is InChI=1S/C17H12F3N3O3S/c1-10-2-4-12(5-3-10)15-21-22-16(26-15)27-9-11-6-13(17(18,19)20)8-14(7-11)23(24)25/h2-8H,9H2,1H3. The third-order valence-corrected chi connectivity index (χ3v) is 4.47. The predicted molar refractivity (Wildman–Crippen MR) is 92.1 cm³/mol. The Morgan fingerprint density at radius 3 is 2.48 bits per heavy atom. The molecule has 0 saturated carbocycles. The van der Waals surface area contributed by atoms with Gasteiger partial charge in [0, 0.05) is 23.4 Å². The predicted octanol–water partition coefficient (Wildman–Crippen LogP) is 5.26. The SMILES string of the molecule is Cc1ccc(-c2nnc(SCc3cc([N+](=O)[O-])cc(C(F)(F)F)c3)o2)cc1. The van der Waals surface area contributed by atoms with Gasteiger partial charge in [-0.3, -0.25) is 10.1 Å². The van der Waals surface area contributed by atoms with Crippen LogP contribution in [0.15, 0.2) is 52.1 Å². The van der Waals surface area contributed by atoms with Crippen molar-refractivity contribution >= 4 is 17.4 Å². The maximum absolute atomic E-state index is 12.9. The average Bonchev–Trinajstić information content (AvgIpc) is 3.08. The van der Waals surface area contributed by atoms with Crippen LogP contribution in [0, 0.1) is 17.0 Å². The summed E-state index contributed by atoms with van der Waals surface area (Å²) in [7, 11) is 0. The van der Waals surface area contributed by atoms with Crippen LogP contribution in [0.3, 0.4) is 0 Å². The summed E-state index contributed by atoms with van der Waals surface area (Å²) in [5.74, 6) is 0.299. The Kier molecular flexibility index (Phi) is 5.17. The van der Waals surface area contributed by atoms with Gasteiger partial charge in [0.1, 0.15) is 0 Å². The number of nitrogens with zero attached hydrogens (tertiary/aromatic N) is 3. The van der Waals surface area contributed by atoms with E-state index in [1.54, 1.807) is 0 Å². The number of hydrogen-bond donors (Lipinski definition) is 0. The van der Waals surface area contributed by atoms with Crippen molar-refractivity contribution in [2.75, 3.05) is 0 Å². The van der Waals surface area contributed by atoms with Gasteiger partial charge in [-0.25, -0.2) is 0 Å². The molecule has 3 aromatic rings. The monoisotopic (exact) mass is 395 g/mol. The molecule has 0 saturated heterocycles. The average molecular weight is 395 g/mol. The van der Waals surface area contributed by atoms with E-state index in [0.717, 1.165) is 35.0 Å². The van der Waals surface area contributed by atoms with E-state index in [0.29, 0.717) is 6.07 Å². The fraction of sp³-hybridized carbons (Fsp3) is 0.176. The van der Waals surface area contributed by atoms with Crippen molar-refractivity contribution in [1.82, 2.24) is 10.2 Å². The van der Waals surface area contributed by atoms with E-state index in [-0.39, 0.29) is 22.4 Å². The van der Waals surface area contributed by atoms with E-state index in [1.165, 1.54) is 0 Å². The first-order valence-corrected chi connectivity index (χ1v) is 8.60. The Hall–Kier alpha value is -2.88. The second-order valence-electron chi connectivity index (χ2n) is 5.67.